The first kappa shape index (κ1) is 11.8. The van der Waals surface area contributed by atoms with E-state index >= 15 is 0 Å². The van der Waals surface area contributed by atoms with E-state index in [1.54, 1.807) is 0 Å². The molecule has 0 amide bonds. The molecule has 0 fully saturated rings. The number of aryl methyl sites for hydroxylation is 1. The molecule has 92 valence electrons. The highest BCUT2D eigenvalue weighted by atomic mass is 32.2. The molecule has 2 heteroatoms. The summed E-state index contributed by atoms with van der Waals surface area (Å²) in [4.78, 5) is 1.32. The lowest BCUT2D eigenvalue weighted by Crippen LogP contribution is -2.18. The van der Waals surface area contributed by atoms with Gasteiger partial charge in [-0.1, -0.05) is 42.0 Å². The van der Waals surface area contributed by atoms with E-state index in [0.29, 0.717) is 5.25 Å². The molecular formula is C16H17NS. The maximum Gasteiger partial charge on any atom is 0.0425 e. The van der Waals surface area contributed by atoms with E-state index < -0.39 is 0 Å². The molecule has 0 saturated carbocycles. The van der Waals surface area contributed by atoms with Gasteiger partial charge in [-0.25, -0.2) is 0 Å². The SMILES string of the molecule is Cc1cccc(SC2Cc3ccccc3C2N)c1. The molecule has 1 nitrogen and oxygen atoms in total. The van der Waals surface area contributed by atoms with Crippen molar-refractivity contribution in [1.82, 2.24) is 0 Å². The van der Waals surface area contributed by atoms with E-state index in [1.165, 1.54) is 21.6 Å². The molecule has 18 heavy (non-hydrogen) atoms. The van der Waals surface area contributed by atoms with Gasteiger partial charge in [-0.15, -0.1) is 11.8 Å². The smallest absolute Gasteiger partial charge is 0.0425 e. The standard InChI is InChI=1S/C16H17NS/c1-11-5-4-7-13(9-11)18-15-10-12-6-2-3-8-14(12)16(15)17/h2-9,15-16H,10,17H2,1H3. The topological polar surface area (TPSA) is 26.0 Å². The number of thioether (sulfide) groups is 1. The number of fused-ring (bicyclic) bond motifs is 1. The number of nitrogens with two attached hydrogens (primary N) is 1. The Bertz CT molecular complexity index is 565. The van der Waals surface area contributed by atoms with Gasteiger partial charge in [0.05, 0.1) is 0 Å². The lowest BCUT2D eigenvalue weighted by molar-refractivity contribution is 0.731. The van der Waals surface area contributed by atoms with Crippen molar-refractivity contribution in [3.63, 3.8) is 0 Å². The Balaban J connectivity index is 1.81. The van der Waals surface area contributed by atoms with E-state index in [2.05, 4.69) is 55.5 Å². The second kappa shape index (κ2) is 4.79. The van der Waals surface area contributed by atoms with Crippen LogP contribution in [0.5, 0.6) is 0 Å². The summed E-state index contributed by atoms with van der Waals surface area (Å²) < 4.78 is 0. The van der Waals surface area contributed by atoms with Crippen LogP contribution in [0, 0.1) is 6.92 Å². The van der Waals surface area contributed by atoms with E-state index in [9.17, 15) is 0 Å². The number of hydrogen-bond donors (Lipinski definition) is 1. The first-order chi connectivity index (χ1) is 8.74. The third kappa shape index (κ3) is 2.18. The van der Waals surface area contributed by atoms with Crippen LogP contribution in [0.3, 0.4) is 0 Å². The molecule has 0 spiro atoms. The van der Waals surface area contributed by atoms with Crippen molar-refractivity contribution in [1.29, 1.82) is 0 Å². The van der Waals surface area contributed by atoms with E-state index in [1.807, 2.05) is 11.8 Å². The molecule has 0 bridgehead atoms. The highest BCUT2D eigenvalue weighted by Gasteiger charge is 2.29. The van der Waals surface area contributed by atoms with Crippen LogP contribution in [-0.2, 0) is 6.42 Å². The maximum atomic E-state index is 6.36. The maximum absolute atomic E-state index is 6.36. The van der Waals surface area contributed by atoms with Crippen molar-refractivity contribution < 1.29 is 0 Å². The fraction of sp³-hybridized carbons (Fsp3) is 0.250. The molecule has 0 saturated heterocycles. The van der Waals surface area contributed by atoms with Crippen molar-refractivity contribution in [3.05, 3.63) is 65.2 Å². The van der Waals surface area contributed by atoms with Crippen molar-refractivity contribution in [2.24, 2.45) is 5.73 Å². The van der Waals surface area contributed by atoms with Gasteiger partial charge >= 0.3 is 0 Å². The zero-order chi connectivity index (χ0) is 12.5. The quantitative estimate of drug-likeness (QED) is 0.885. The minimum Gasteiger partial charge on any atom is -0.323 e. The Hall–Kier alpha value is -1.25. The minimum absolute atomic E-state index is 0.159. The minimum atomic E-state index is 0.159. The predicted molar refractivity (Wildman–Crippen MR) is 77.9 cm³/mol. The molecule has 2 unspecified atom stereocenters. The highest BCUT2D eigenvalue weighted by Crippen LogP contribution is 2.40. The molecule has 2 N–H and O–H groups in total. The van der Waals surface area contributed by atoms with Gasteiger partial charge in [0.2, 0.25) is 0 Å². The normalized spacial score (nSPS) is 21.9. The summed E-state index contributed by atoms with van der Waals surface area (Å²) in [6.07, 6.45) is 1.08. The van der Waals surface area contributed by atoms with Crippen LogP contribution in [0.1, 0.15) is 22.7 Å². The van der Waals surface area contributed by atoms with Crippen LogP contribution in [0.2, 0.25) is 0 Å². The van der Waals surface area contributed by atoms with Crippen molar-refractivity contribution in [3.8, 4) is 0 Å². The number of hydrogen-bond acceptors (Lipinski definition) is 2. The van der Waals surface area contributed by atoms with Crippen molar-refractivity contribution in [2.45, 2.75) is 29.5 Å². The lowest BCUT2D eigenvalue weighted by atomic mass is 10.1. The average molecular weight is 255 g/mol. The Kier molecular flexibility index (Phi) is 3.14. The van der Waals surface area contributed by atoms with Crippen LogP contribution in [-0.4, -0.2) is 5.25 Å². The molecule has 2 aromatic carbocycles. The Morgan fingerprint density at radius 3 is 2.72 bits per heavy atom. The number of benzene rings is 2. The van der Waals surface area contributed by atoms with Gasteiger partial charge < -0.3 is 5.73 Å². The molecule has 0 radical (unpaired) electrons. The first-order valence-electron chi connectivity index (χ1n) is 6.31. The summed E-state index contributed by atoms with van der Waals surface area (Å²) in [5.41, 5.74) is 10.4. The van der Waals surface area contributed by atoms with Crippen LogP contribution in [0.4, 0.5) is 0 Å². The fourth-order valence-electron chi connectivity index (χ4n) is 2.57. The largest absolute Gasteiger partial charge is 0.323 e. The second-order valence-corrected chi connectivity index (χ2v) is 6.21. The summed E-state index contributed by atoms with van der Waals surface area (Å²) in [6.45, 7) is 2.13. The van der Waals surface area contributed by atoms with Crippen LogP contribution >= 0.6 is 11.8 Å². The zero-order valence-corrected chi connectivity index (χ0v) is 11.3. The summed E-state index contributed by atoms with van der Waals surface area (Å²) in [5.74, 6) is 0. The van der Waals surface area contributed by atoms with Crippen molar-refractivity contribution in [2.75, 3.05) is 0 Å². The van der Waals surface area contributed by atoms with Gasteiger partial charge in [0.25, 0.3) is 0 Å². The Morgan fingerprint density at radius 2 is 1.94 bits per heavy atom. The predicted octanol–water partition coefficient (Wildman–Crippen LogP) is 3.71. The Labute approximate surface area is 112 Å². The zero-order valence-electron chi connectivity index (χ0n) is 10.5. The molecule has 0 aliphatic heterocycles. The van der Waals surface area contributed by atoms with Crippen LogP contribution in [0.25, 0.3) is 0 Å². The molecule has 2 atom stereocenters. The van der Waals surface area contributed by atoms with Crippen molar-refractivity contribution >= 4 is 11.8 Å². The van der Waals surface area contributed by atoms with E-state index in [0.717, 1.165) is 6.42 Å². The molecule has 2 aromatic rings. The lowest BCUT2D eigenvalue weighted by Gasteiger charge is -2.15. The van der Waals surface area contributed by atoms with Gasteiger partial charge in [-0.2, -0.15) is 0 Å². The van der Waals surface area contributed by atoms with Gasteiger partial charge in [-0.3, -0.25) is 0 Å². The molecule has 1 aliphatic rings. The average Bonchev–Trinajstić information content (AvgIpc) is 2.67. The number of rotatable bonds is 2. The molecule has 0 heterocycles. The van der Waals surface area contributed by atoms with E-state index in [-0.39, 0.29) is 6.04 Å². The third-order valence-corrected chi connectivity index (χ3v) is 4.80. The van der Waals surface area contributed by atoms with Crippen LogP contribution < -0.4 is 5.73 Å². The van der Waals surface area contributed by atoms with Gasteiger partial charge in [0.1, 0.15) is 0 Å². The fourth-order valence-corrected chi connectivity index (χ4v) is 3.88. The van der Waals surface area contributed by atoms with Crippen LogP contribution in [0.15, 0.2) is 53.4 Å². The van der Waals surface area contributed by atoms with Gasteiger partial charge in [0.15, 0.2) is 0 Å². The second-order valence-electron chi connectivity index (χ2n) is 4.90. The van der Waals surface area contributed by atoms with E-state index in [4.69, 9.17) is 5.73 Å². The summed E-state index contributed by atoms with van der Waals surface area (Å²) >= 11 is 1.91. The summed E-state index contributed by atoms with van der Waals surface area (Å²) in [5, 5.41) is 0.462. The Morgan fingerprint density at radius 1 is 1.11 bits per heavy atom. The molecular weight excluding hydrogens is 238 g/mol. The molecule has 1 aliphatic carbocycles. The first-order valence-corrected chi connectivity index (χ1v) is 7.19. The summed E-state index contributed by atoms with van der Waals surface area (Å²) in [6, 6.07) is 17.4. The third-order valence-electron chi connectivity index (χ3n) is 3.51. The molecule has 3 rings (SSSR count). The monoisotopic (exact) mass is 255 g/mol. The van der Waals surface area contributed by atoms with Gasteiger partial charge in [-0.05, 0) is 36.6 Å². The molecule has 0 aromatic heterocycles. The van der Waals surface area contributed by atoms with Gasteiger partial charge in [0, 0.05) is 16.2 Å². The highest BCUT2D eigenvalue weighted by molar-refractivity contribution is 8.00. The summed E-state index contributed by atoms with van der Waals surface area (Å²) in [7, 11) is 0.